The predicted molar refractivity (Wildman–Crippen MR) is 112 cm³/mol. The Hall–Kier alpha value is -2.08. The molecule has 29 heavy (non-hydrogen) atoms. The highest BCUT2D eigenvalue weighted by Gasteiger charge is 2.48. The summed E-state index contributed by atoms with van der Waals surface area (Å²) in [6.45, 7) is 0. The van der Waals surface area contributed by atoms with Crippen molar-refractivity contribution in [2.24, 2.45) is 5.73 Å². The van der Waals surface area contributed by atoms with Gasteiger partial charge in [-0.25, -0.2) is 0 Å². The van der Waals surface area contributed by atoms with Gasteiger partial charge in [-0.05, 0) is 36.6 Å². The zero-order valence-corrected chi connectivity index (χ0v) is 17.2. The smallest absolute Gasteiger partial charge is 0.255 e. The van der Waals surface area contributed by atoms with Crippen molar-refractivity contribution in [1.82, 2.24) is 4.90 Å². The van der Waals surface area contributed by atoms with Crippen LogP contribution in [0.4, 0.5) is 0 Å². The lowest BCUT2D eigenvalue weighted by Crippen LogP contribution is -2.55. The van der Waals surface area contributed by atoms with E-state index in [9.17, 15) is 14.7 Å². The zero-order chi connectivity index (χ0) is 20.7. The average Bonchev–Trinajstić information content (AvgIpc) is 2.69. The number of carbonyl (C=O) groups excluding carboxylic acids is 2. The number of benzene rings is 2. The highest BCUT2D eigenvalue weighted by atomic mass is 35.5. The Kier molecular flexibility index (Phi) is 5.56. The standard InChI is InChI=1S/C22H22Cl2N2O3/c23-14-8-5-9-15(24)19(14)20-18(21(25)28)12-6-1-2-7-13(12)22(29)26(20)16-10-3-4-11-17(16)27/h1-2,5-9,16-18,20,27H,3-4,10-11H2,(H2,25,28). The second-order valence-electron chi connectivity index (χ2n) is 7.68. The van der Waals surface area contributed by atoms with Crippen LogP contribution in [0.15, 0.2) is 42.5 Å². The lowest BCUT2D eigenvalue weighted by molar-refractivity contribution is -0.121. The largest absolute Gasteiger partial charge is 0.391 e. The number of fused-ring (bicyclic) bond motifs is 1. The Balaban J connectivity index is 1.98. The molecule has 1 fully saturated rings. The highest BCUT2D eigenvalue weighted by Crippen LogP contribution is 2.48. The van der Waals surface area contributed by atoms with E-state index in [0.29, 0.717) is 39.6 Å². The van der Waals surface area contributed by atoms with Crippen LogP contribution in [0.3, 0.4) is 0 Å². The molecule has 4 unspecified atom stereocenters. The van der Waals surface area contributed by atoms with E-state index in [1.807, 2.05) is 0 Å². The highest BCUT2D eigenvalue weighted by molar-refractivity contribution is 6.36. The first-order valence-electron chi connectivity index (χ1n) is 9.74. The van der Waals surface area contributed by atoms with E-state index in [1.165, 1.54) is 0 Å². The fraction of sp³-hybridized carbons (Fsp3) is 0.364. The van der Waals surface area contributed by atoms with E-state index >= 15 is 0 Å². The third-order valence-electron chi connectivity index (χ3n) is 6.03. The van der Waals surface area contributed by atoms with Crippen LogP contribution in [-0.4, -0.2) is 34.0 Å². The van der Waals surface area contributed by atoms with Crippen molar-refractivity contribution in [2.45, 2.75) is 49.8 Å². The number of aliphatic hydroxyl groups is 1. The topological polar surface area (TPSA) is 83.6 Å². The van der Waals surface area contributed by atoms with E-state index < -0.39 is 30.0 Å². The normalized spacial score (nSPS) is 26.9. The number of hydrogen-bond acceptors (Lipinski definition) is 3. The molecule has 4 atom stereocenters. The Bertz CT molecular complexity index is 945. The van der Waals surface area contributed by atoms with Crippen molar-refractivity contribution in [3.8, 4) is 0 Å². The average molecular weight is 433 g/mol. The summed E-state index contributed by atoms with van der Waals surface area (Å²) in [5, 5.41) is 11.5. The Labute approximate surface area is 179 Å². The maximum atomic E-state index is 13.6. The van der Waals surface area contributed by atoms with Crippen molar-refractivity contribution in [3.05, 3.63) is 69.2 Å². The van der Waals surface area contributed by atoms with E-state index in [2.05, 4.69) is 0 Å². The van der Waals surface area contributed by atoms with Crippen LogP contribution in [0.1, 0.15) is 59.1 Å². The first-order valence-corrected chi connectivity index (χ1v) is 10.5. The number of aliphatic hydroxyl groups excluding tert-OH is 1. The number of halogens is 2. The molecule has 152 valence electrons. The molecule has 2 amide bonds. The van der Waals surface area contributed by atoms with Gasteiger partial charge < -0.3 is 15.7 Å². The summed E-state index contributed by atoms with van der Waals surface area (Å²) in [7, 11) is 0. The van der Waals surface area contributed by atoms with Crippen molar-refractivity contribution in [1.29, 1.82) is 0 Å². The summed E-state index contributed by atoms with van der Waals surface area (Å²) in [5.41, 5.74) is 7.33. The molecule has 0 spiro atoms. The van der Waals surface area contributed by atoms with Crippen LogP contribution >= 0.6 is 23.2 Å². The van der Waals surface area contributed by atoms with E-state index in [4.69, 9.17) is 28.9 Å². The summed E-state index contributed by atoms with van der Waals surface area (Å²) in [4.78, 5) is 27.9. The molecule has 1 saturated carbocycles. The number of hydrogen-bond donors (Lipinski definition) is 2. The molecule has 3 N–H and O–H groups in total. The van der Waals surface area contributed by atoms with Crippen molar-refractivity contribution >= 4 is 35.0 Å². The van der Waals surface area contributed by atoms with Gasteiger partial charge in [0.1, 0.15) is 0 Å². The molecular weight excluding hydrogens is 411 g/mol. The Morgan fingerprint density at radius 2 is 1.69 bits per heavy atom. The van der Waals surface area contributed by atoms with Gasteiger partial charge in [0.25, 0.3) is 5.91 Å². The maximum Gasteiger partial charge on any atom is 0.255 e. The van der Waals surface area contributed by atoms with Gasteiger partial charge in [-0.15, -0.1) is 0 Å². The summed E-state index contributed by atoms with van der Waals surface area (Å²) in [5.74, 6) is -1.64. The van der Waals surface area contributed by atoms with E-state index in [0.717, 1.165) is 12.8 Å². The molecule has 4 rings (SSSR count). The van der Waals surface area contributed by atoms with Crippen LogP contribution in [0.5, 0.6) is 0 Å². The molecule has 0 radical (unpaired) electrons. The second-order valence-corrected chi connectivity index (χ2v) is 8.49. The minimum absolute atomic E-state index is 0.245. The van der Waals surface area contributed by atoms with Gasteiger partial charge in [0.15, 0.2) is 0 Å². The molecule has 0 saturated heterocycles. The summed E-state index contributed by atoms with van der Waals surface area (Å²) < 4.78 is 0. The molecule has 0 aromatic heterocycles. The van der Waals surface area contributed by atoms with Crippen molar-refractivity contribution < 1.29 is 14.7 Å². The lowest BCUT2D eigenvalue weighted by atomic mass is 9.77. The number of nitrogens with zero attached hydrogens (tertiary/aromatic N) is 1. The van der Waals surface area contributed by atoms with Crippen molar-refractivity contribution in [2.75, 3.05) is 0 Å². The monoisotopic (exact) mass is 432 g/mol. The SMILES string of the molecule is NC(=O)C1c2ccccc2C(=O)N(C2CCCCC2O)C1c1c(Cl)cccc1Cl. The van der Waals surface area contributed by atoms with Gasteiger partial charge in [0.05, 0.1) is 24.1 Å². The van der Waals surface area contributed by atoms with Crippen molar-refractivity contribution in [3.63, 3.8) is 0 Å². The molecule has 1 aliphatic heterocycles. The number of nitrogens with two attached hydrogens (primary N) is 1. The molecule has 1 heterocycles. The summed E-state index contributed by atoms with van der Waals surface area (Å²) >= 11 is 13.0. The van der Waals surface area contributed by atoms with E-state index in [-0.39, 0.29) is 5.91 Å². The van der Waals surface area contributed by atoms with Gasteiger partial charge in [-0.2, -0.15) is 0 Å². The van der Waals surface area contributed by atoms with Gasteiger partial charge in [0.2, 0.25) is 5.91 Å². The maximum absolute atomic E-state index is 13.6. The van der Waals surface area contributed by atoms with Gasteiger partial charge in [-0.1, -0.05) is 60.3 Å². The zero-order valence-electron chi connectivity index (χ0n) is 15.7. The van der Waals surface area contributed by atoms with Crippen LogP contribution < -0.4 is 5.73 Å². The molecule has 2 aromatic carbocycles. The minimum Gasteiger partial charge on any atom is -0.391 e. The van der Waals surface area contributed by atoms with Crippen LogP contribution in [-0.2, 0) is 4.79 Å². The van der Waals surface area contributed by atoms with Gasteiger partial charge in [-0.3, -0.25) is 9.59 Å². The van der Waals surface area contributed by atoms with Gasteiger partial charge >= 0.3 is 0 Å². The third-order valence-corrected chi connectivity index (χ3v) is 6.69. The molecular formula is C22H22Cl2N2O3. The fourth-order valence-electron chi connectivity index (χ4n) is 4.74. The molecule has 0 bridgehead atoms. The summed E-state index contributed by atoms with van der Waals surface area (Å²) in [6.07, 6.45) is 2.33. The third kappa shape index (κ3) is 3.41. The van der Waals surface area contributed by atoms with Crippen LogP contribution in [0.25, 0.3) is 0 Å². The number of carbonyl (C=O) groups is 2. The molecule has 2 aliphatic rings. The number of amides is 2. The quantitative estimate of drug-likeness (QED) is 0.766. The van der Waals surface area contributed by atoms with Crippen LogP contribution in [0.2, 0.25) is 10.0 Å². The first kappa shape index (κ1) is 20.2. The lowest BCUT2D eigenvalue weighted by Gasteiger charge is -2.48. The summed E-state index contributed by atoms with van der Waals surface area (Å²) in [6, 6.07) is 10.8. The first-order chi connectivity index (χ1) is 13.9. The molecule has 7 heteroatoms. The predicted octanol–water partition coefficient (Wildman–Crippen LogP) is 4.06. The minimum atomic E-state index is -0.824. The fourth-order valence-corrected chi connectivity index (χ4v) is 5.36. The Morgan fingerprint density at radius 1 is 1.03 bits per heavy atom. The number of rotatable bonds is 3. The molecule has 1 aliphatic carbocycles. The van der Waals surface area contributed by atoms with E-state index in [1.54, 1.807) is 47.4 Å². The molecule has 5 nitrogen and oxygen atoms in total. The van der Waals surface area contributed by atoms with Crippen LogP contribution in [0, 0.1) is 0 Å². The second kappa shape index (κ2) is 7.98. The molecule has 2 aromatic rings. The van der Waals surface area contributed by atoms with Gasteiger partial charge in [0, 0.05) is 21.2 Å². The number of primary amides is 1. The Morgan fingerprint density at radius 3 is 2.34 bits per heavy atom.